The van der Waals surface area contributed by atoms with Gasteiger partial charge >= 0.3 is 0 Å². The predicted molar refractivity (Wildman–Crippen MR) is 303 cm³/mol. The summed E-state index contributed by atoms with van der Waals surface area (Å²) in [5.41, 5.74) is 13.6. The Balaban J connectivity index is 1.29. The molecule has 0 radical (unpaired) electrons. The third-order valence-electron chi connectivity index (χ3n) is 15.8. The van der Waals surface area contributed by atoms with Crippen LogP contribution in [0.4, 0.5) is 0 Å². The molecule has 0 heteroatoms. The first-order valence-corrected chi connectivity index (χ1v) is 25.5. The Labute approximate surface area is 405 Å². The first-order valence-electron chi connectivity index (χ1n) is 25.5. The molecule has 0 aliphatic heterocycles. The summed E-state index contributed by atoms with van der Waals surface area (Å²) in [6.45, 7) is 37.5. The van der Waals surface area contributed by atoms with Gasteiger partial charge in [0, 0.05) is 0 Å². The van der Waals surface area contributed by atoms with Gasteiger partial charge in [-0.05, 0) is 212 Å². The van der Waals surface area contributed by atoms with Crippen molar-refractivity contribution in [3.05, 3.63) is 155 Å². The Morgan fingerprint density at radius 3 is 0.750 bits per heavy atom. The summed E-state index contributed by atoms with van der Waals surface area (Å²) in [4.78, 5) is 0. The molecule has 0 N–H and O–H groups in total. The van der Waals surface area contributed by atoms with Crippen LogP contribution >= 0.6 is 0 Å². The maximum Gasteiger partial charge on any atom is -0.00195 e. The molecule has 0 saturated heterocycles. The van der Waals surface area contributed by atoms with Crippen LogP contribution in [-0.4, -0.2) is 0 Å². The van der Waals surface area contributed by atoms with E-state index in [-0.39, 0.29) is 21.7 Å². The topological polar surface area (TPSA) is 0 Å². The quantitative estimate of drug-likeness (QED) is 0.155. The average molecular weight is 887 g/mol. The van der Waals surface area contributed by atoms with E-state index >= 15 is 0 Å². The van der Waals surface area contributed by atoms with Crippen LogP contribution in [0.1, 0.15) is 156 Å². The van der Waals surface area contributed by atoms with E-state index in [2.05, 4.69) is 232 Å². The number of rotatable bonds is 4. The first-order chi connectivity index (χ1) is 31.8. The van der Waals surface area contributed by atoms with E-state index in [1.54, 1.807) is 0 Å². The Morgan fingerprint density at radius 2 is 0.471 bits per heavy atom. The molecule has 0 unspecified atom stereocenters. The van der Waals surface area contributed by atoms with E-state index < -0.39 is 0 Å². The highest BCUT2D eigenvalue weighted by Crippen LogP contribution is 2.50. The van der Waals surface area contributed by atoms with Gasteiger partial charge < -0.3 is 0 Å². The maximum absolute atomic E-state index is 2.56. The Kier molecular flexibility index (Phi) is 9.67. The highest BCUT2D eigenvalue weighted by atomic mass is 14.3. The second kappa shape index (κ2) is 14.8. The molecular formula is C68H70. The molecule has 0 bridgehead atoms. The Hall–Kier alpha value is -5.98. The molecule has 0 fully saturated rings. The van der Waals surface area contributed by atoms with Crippen molar-refractivity contribution < 1.29 is 0 Å². The lowest BCUT2D eigenvalue weighted by Gasteiger charge is -2.26. The minimum atomic E-state index is 0.0182. The van der Waals surface area contributed by atoms with Crippen molar-refractivity contribution in [2.45, 2.75) is 144 Å². The highest BCUT2D eigenvalue weighted by molar-refractivity contribution is 6.40. The van der Waals surface area contributed by atoms with E-state index in [1.807, 2.05) is 0 Å². The SMILES string of the molecule is CC(C)c1ccc2c(c1)c1cc(-c3cc(C(C)(C)C)cc(C(C)(C)C)c3)cc3c4ccc5c(cc6c7ccc(C(C)C)cc7c7cc(-c8cc(C(C)(C)C)cc(C(C)(C)C)c8)cc5c76)c4cc2c31. The minimum Gasteiger partial charge on any atom is -0.0587 e. The summed E-state index contributed by atoms with van der Waals surface area (Å²) in [5.74, 6) is 0.880. The molecule has 68 heavy (non-hydrogen) atoms. The van der Waals surface area contributed by atoms with E-state index in [1.165, 1.54) is 142 Å². The normalized spacial score (nSPS) is 13.6. The van der Waals surface area contributed by atoms with Gasteiger partial charge in [-0.15, -0.1) is 0 Å². The van der Waals surface area contributed by atoms with Crippen LogP contribution < -0.4 is 0 Å². The monoisotopic (exact) mass is 887 g/mol. The molecule has 11 aromatic carbocycles. The van der Waals surface area contributed by atoms with Crippen molar-refractivity contribution in [2.24, 2.45) is 0 Å². The van der Waals surface area contributed by atoms with Crippen LogP contribution in [-0.2, 0) is 21.7 Å². The van der Waals surface area contributed by atoms with Gasteiger partial charge in [-0.3, -0.25) is 0 Å². The zero-order chi connectivity index (χ0) is 48.3. The molecule has 0 saturated carbocycles. The smallest absolute Gasteiger partial charge is 0.00195 e. The largest absolute Gasteiger partial charge is 0.0587 e. The third-order valence-corrected chi connectivity index (χ3v) is 15.8. The molecule has 0 aliphatic carbocycles. The van der Waals surface area contributed by atoms with E-state index in [0.29, 0.717) is 11.8 Å². The summed E-state index contributed by atoms with van der Waals surface area (Å²) >= 11 is 0. The summed E-state index contributed by atoms with van der Waals surface area (Å²) in [7, 11) is 0. The molecular weight excluding hydrogens is 817 g/mol. The lowest BCUT2D eigenvalue weighted by atomic mass is 9.78. The predicted octanol–water partition coefficient (Wildman–Crippen LogP) is 20.6. The zero-order valence-corrected chi connectivity index (χ0v) is 43.7. The molecule has 0 amide bonds. The average Bonchev–Trinajstić information content (AvgIpc) is 3.76. The van der Waals surface area contributed by atoms with Crippen LogP contribution in [0.2, 0.25) is 0 Å². The number of fused-ring (bicyclic) bond motifs is 11. The van der Waals surface area contributed by atoms with Crippen molar-refractivity contribution in [3.63, 3.8) is 0 Å². The lowest BCUT2D eigenvalue weighted by molar-refractivity contribution is 0.568. The van der Waals surface area contributed by atoms with Crippen LogP contribution in [0.3, 0.4) is 0 Å². The number of benzene rings is 9. The van der Waals surface area contributed by atoms with Crippen molar-refractivity contribution >= 4 is 86.2 Å². The van der Waals surface area contributed by atoms with E-state index in [9.17, 15) is 0 Å². The van der Waals surface area contributed by atoms with Crippen molar-refractivity contribution in [1.82, 2.24) is 0 Å². The molecule has 0 aromatic heterocycles. The fourth-order valence-electron chi connectivity index (χ4n) is 11.4. The van der Waals surface area contributed by atoms with Crippen LogP contribution in [0.15, 0.2) is 121 Å². The highest BCUT2D eigenvalue weighted by Gasteiger charge is 2.26. The zero-order valence-electron chi connectivity index (χ0n) is 43.7. The van der Waals surface area contributed by atoms with Gasteiger partial charge in [0.15, 0.2) is 0 Å². The van der Waals surface area contributed by atoms with Gasteiger partial charge in [-0.1, -0.05) is 196 Å². The van der Waals surface area contributed by atoms with Crippen LogP contribution in [0.5, 0.6) is 0 Å². The summed E-state index contributed by atoms with van der Waals surface area (Å²) < 4.78 is 0. The second-order valence-electron chi connectivity index (χ2n) is 25.5. The van der Waals surface area contributed by atoms with Gasteiger partial charge in [-0.2, -0.15) is 0 Å². The molecule has 0 spiro atoms. The first kappa shape index (κ1) is 44.5. The van der Waals surface area contributed by atoms with Gasteiger partial charge in [0.05, 0.1) is 0 Å². The lowest BCUT2D eigenvalue weighted by Crippen LogP contribution is -2.16. The third kappa shape index (κ3) is 6.98. The fourth-order valence-corrected chi connectivity index (χ4v) is 11.4. The van der Waals surface area contributed by atoms with Gasteiger partial charge in [-0.25, -0.2) is 0 Å². The maximum atomic E-state index is 2.56. The van der Waals surface area contributed by atoms with Crippen molar-refractivity contribution in [3.8, 4) is 22.3 Å². The molecule has 342 valence electrons. The second-order valence-corrected chi connectivity index (χ2v) is 25.5. The van der Waals surface area contributed by atoms with Crippen LogP contribution in [0.25, 0.3) is 108 Å². The molecule has 11 rings (SSSR count). The molecule has 11 aromatic rings. The van der Waals surface area contributed by atoms with Gasteiger partial charge in [0.1, 0.15) is 0 Å². The fraction of sp³-hybridized carbons (Fsp3) is 0.324. The van der Waals surface area contributed by atoms with Crippen LogP contribution in [0, 0.1) is 0 Å². The standard InChI is InChI=1S/C68H70/c1-37(2)39-17-19-49-53(27-39)59-31-43(41-23-45(65(5,6)7)33-46(24-41)66(8,9)10)29-57-51-21-22-52-56(55(51)35-61(49)63(57)59)36-62-50-20-18-40(38(3)4)28-54(50)60-32-44(30-58(52)64(60)62)42-25-47(67(11,12)13)34-48(26-42)68(14,15)16/h17-38H,1-16H3. The minimum absolute atomic E-state index is 0.0182. The van der Waals surface area contributed by atoms with Crippen molar-refractivity contribution in [1.29, 1.82) is 0 Å². The Morgan fingerprint density at radius 1 is 0.235 bits per heavy atom. The summed E-state index contributed by atoms with van der Waals surface area (Å²) in [5, 5.41) is 21.6. The Bertz CT molecular complexity index is 3540. The number of hydrogen-bond acceptors (Lipinski definition) is 0. The van der Waals surface area contributed by atoms with Crippen molar-refractivity contribution in [2.75, 3.05) is 0 Å². The molecule has 0 atom stereocenters. The molecule has 0 aliphatic rings. The number of hydrogen-bond donors (Lipinski definition) is 0. The van der Waals surface area contributed by atoms with Gasteiger partial charge in [0.2, 0.25) is 0 Å². The molecule has 0 nitrogen and oxygen atoms in total. The molecule has 0 heterocycles. The summed E-state index contributed by atoms with van der Waals surface area (Å²) in [6, 6.07) is 49.5. The van der Waals surface area contributed by atoms with Gasteiger partial charge in [0.25, 0.3) is 0 Å². The summed E-state index contributed by atoms with van der Waals surface area (Å²) in [6.07, 6.45) is 0. The van der Waals surface area contributed by atoms with E-state index in [4.69, 9.17) is 0 Å². The van der Waals surface area contributed by atoms with E-state index in [0.717, 1.165) is 0 Å².